The molecule has 0 unspecified atom stereocenters. The molecule has 0 spiro atoms. The van der Waals surface area contributed by atoms with Gasteiger partial charge in [0.15, 0.2) is 0 Å². The van der Waals surface area contributed by atoms with E-state index in [4.69, 9.17) is 33.7 Å². The molecule has 0 aliphatic heterocycles. The van der Waals surface area contributed by atoms with E-state index in [-0.39, 0.29) is 16.3 Å². The molecule has 0 aliphatic carbocycles. The van der Waals surface area contributed by atoms with E-state index in [1.807, 2.05) is 24.3 Å². The first kappa shape index (κ1) is 32.5. The van der Waals surface area contributed by atoms with Gasteiger partial charge in [-0.05, 0) is 26.0 Å². The summed E-state index contributed by atoms with van der Waals surface area (Å²) in [5.41, 5.74) is 6.59. The monoisotopic (exact) mass is 638 g/mol. The van der Waals surface area contributed by atoms with E-state index in [0.717, 1.165) is 14.7 Å². The SMILES string of the molecule is COc1nc(-c2cccc(-c3cccc(NC(=O)c4cn(C)c(=O)n(C)c4=O)c3Cl)c2Cl)ccc1CNCC(C)(C)C(N)=O. The Balaban J connectivity index is 1.63. The highest BCUT2D eigenvalue weighted by atomic mass is 35.5. The van der Waals surface area contributed by atoms with Gasteiger partial charge in [-0.3, -0.25) is 19.0 Å². The van der Waals surface area contributed by atoms with Gasteiger partial charge in [0.2, 0.25) is 11.8 Å². The number of nitrogens with one attached hydrogen (secondary N) is 2. The molecule has 0 atom stereocenters. The lowest BCUT2D eigenvalue weighted by molar-refractivity contribution is -0.125. The number of benzene rings is 2. The van der Waals surface area contributed by atoms with Crippen molar-refractivity contribution in [2.45, 2.75) is 20.4 Å². The first-order valence-electron chi connectivity index (χ1n) is 13.5. The topological polar surface area (TPSA) is 150 Å². The first-order valence-corrected chi connectivity index (χ1v) is 14.2. The number of hydrogen-bond acceptors (Lipinski definition) is 7. The summed E-state index contributed by atoms with van der Waals surface area (Å²) >= 11 is 13.7. The maximum atomic E-state index is 13.0. The zero-order valence-electron chi connectivity index (χ0n) is 24.8. The molecule has 44 heavy (non-hydrogen) atoms. The van der Waals surface area contributed by atoms with Crippen molar-refractivity contribution in [3.63, 3.8) is 0 Å². The summed E-state index contributed by atoms with van der Waals surface area (Å²) in [7, 11) is 4.26. The minimum Gasteiger partial charge on any atom is -0.481 e. The van der Waals surface area contributed by atoms with E-state index >= 15 is 0 Å². The number of pyridine rings is 1. The van der Waals surface area contributed by atoms with Gasteiger partial charge in [0.05, 0.1) is 34.0 Å². The number of primary amides is 1. The number of halogens is 2. The number of nitrogens with two attached hydrogens (primary N) is 1. The highest BCUT2D eigenvalue weighted by Crippen LogP contribution is 2.41. The van der Waals surface area contributed by atoms with Crippen molar-refractivity contribution in [2.24, 2.45) is 25.2 Å². The van der Waals surface area contributed by atoms with E-state index in [0.29, 0.717) is 46.4 Å². The molecule has 2 aromatic heterocycles. The summed E-state index contributed by atoms with van der Waals surface area (Å²) in [5.74, 6) is -0.729. The number of carbonyl (C=O) groups is 2. The molecule has 230 valence electrons. The number of aromatic nitrogens is 3. The quantitative estimate of drug-likeness (QED) is 0.238. The van der Waals surface area contributed by atoms with Crippen LogP contribution in [0, 0.1) is 5.41 Å². The third-order valence-corrected chi connectivity index (χ3v) is 8.00. The zero-order chi connectivity index (χ0) is 32.3. The van der Waals surface area contributed by atoms with E-state index in [2.05, 4.69) is 15.6 Å². The lowest BCUT2D eigenvalue weighted by Gasteiger charge is -2.21. The minimum absolute atomic E-state index is 0.201. The molecule has 0 saturated heterocycles. The maximum absolute atomic E-state index is 13.0. The van der Waals surface area contributed by atoms with Crippen LogP contribution in [0.5, 0.6) is 5.88 Å². The number of ether oxygens (including phenoxy) is 1. The van der Waals surface area contributed by atoms with Crippen LogP contribution >= 0.6 is 23.2 Å². The van der Waals surface area contributed by atoms with E-state index in [1.54, 1.807) is 38.1 Å². The van der Waals surface area contributed by atoms with Crippen LogP contribution in [0.4, 0.5) is 5.69 Å². The number of anilines is 1. The molecule has 4 aromatic rings. The Hall–Kier alpha value is -4.45. The van der Waals surface area contributed by atoms with E-state index in [1.165, 1.54) is 27.4 Å². The predicted molar refractivity (Wildman–Crippen MR) is 171 cm³/mol. The van der Waals surface area contributed by atoms with Crippen molar-refractivity contribution >= 4 is 40.7 Å². The van der Waals surface area contributed by atoms with Gasteiger partial charge in [0.1, 0.15) is 5.56 Å². The molecule has 0 saturated carbocycles. The molecule has 0 fully saturated rings. The van der Waals surface area contributed by atoms with Gasteiger partial charge < -0.3 is 25.7 Å². The Kier molecular flexibility index (Phi) is 9.62. The fourth-order valence-electron chi connectivity index (χ4n) is 4.46. The summed E-state index contributed by atoms with van der Waals surface area (Å²) in [5, 5.41) is 6.46. The van der Waals surface area contributed by atoms with Gasteiger partial charge in [-0.25, -0.2) is 9.78 Å². The average molecular weight is 640 g/mol. The smallest absolute Gasteiger partial charge is 0.330 e. The molecule has 2 heterocycles. The normalized spacial score (nSPS) is 11.3. The van der Waals surface area contributed by atoms with Gasteiger partial charge in [-0.2, -0.15) is 0 Å². The Morgan fingerprint density at radius 1 is 0.977 bits per heavy atom. The van der Waals surface area contributed by atoms with Crippen molar-refractivity contribution < 1.29 is 14.3 Å². The number of carbonyl (C=O) groups excluding carboxylic acids is 2. The standard InChI is InChI=1S/C31H32Cl2N6O5/c1-31(2,29(34)42)16-35-14-17-12-13-22(37-27(17)44-5)20-10-6-8-18(24(20)32)19-9-7-11-23(25(19)33)36-26(40)21-15-38(3)30(43)39(4)28(21)41/h6-13,15,35H,14,16H2,1-5H3,(H2,34,42)(H,36,40). The number of aryl methyl sites for hydroxylation is 1. The fourth-order valence-corrected chi connectivity index (χ4v) is 5.05. The van der Waals surface area contributed by atoms with Crippen molar-refractivity contribution in [3.8, 4) is 28.3 Å². The van der Waals surface area contributed by atoms with Crippen molar-refractivity contribution in [2.75, 3.05) is 19.0 Å². The Bertz CT molecular complexity index is 1880. The highest BCUT2D eigenvalue weighted by Gasteiger charge is 2.24. The third kappa shape index (κ3) is 6.54. The lowest BCUT2D eigenvalue weighted by atomic mass is 9.93. The van der Waals surface area contributed by atoms with E-state index in [9.17, 15) is 19.2 Å². The van der Waals surface area contributed by atoms with Crippen LogP contribution in [0.3, 0.4) is 0 Å². The van der Waals surface area contributed by atoms with Gasteiger partial charge in [-0.15, -0.1) is 0 Å². The lowest BCUT2D eigenvalue weighted by Crippen LogP contribution is -2.40. The fraction of sp³-hybridized carbons (Fsp3) is 0.258. The molecule has 4 rings (SSSR count). The van der Waals surface area contributed by atoms with Crippen LogP contribution in [0.25, 0.3) is 22.4 Å². The molecule has 2 amide bonds. The van der Waals surface area contributed by atoms with Crippen LogP contribution in [0.2, 0.25) is 10.0 Å². The van der Waals surface area contributed by atoms with Crippen molar-refractivity contribution in [1.82, 2.24) is 19.4 Å². The summed E-state index contributed by atoms with van der Waals surface area (Å²) in [6, 6.07) is 14.1. The molecular formula is C31H32Cl2N6O5. The summed E-state index contributed by atoms with van der Waals surface area (Å²) in [4.78, 5) is 53.9. The molecule has 0 bridgehead atoms. The van der Waals surface area contributed by atoms with Crippen LogP contribution in [-0.4, -0.2) is 39.6 Å². The van der Waals surface area contributed by atoms with Crippen LogP contribution < -0.4 is 32.4 Å². The van der Waals surface area contributed by atoms with E-state index < -0.39 is 28.5 Å². The maximum Gasteiger partial charge on any atom is 0.330 e. The number of nitrogens with zero attached hydrogens (tertiary/aromatic N) is 3. The largest absolute Gasteiger partial charge is 0.481 e. The number of methoxy groups -OCH3 is 1. The van der Waals surface area contributed by atoms with Crippen LogP contribution in [-0.2, 0) is 25.4 Å². The second-order valence-electron chi connectivity index (χ2n) is 10.8. The van der Waals surface area contributed by atoms with Gasteiger partial charge >= 0.3 is 5.69 Å². The average Bonchev–Trinajstić information content (AvgIpc) is 2.99. The molecule has 11 nitrogen and oxygen atoms in total. The number of hydrogen-bond donors (Lipinski definition) is 3. The predicted octanol–water partition coefficient (Wildman–Crippen LogP) is 3.98. The second-order valence-corrected chi connectivity index (χ2v) is 11.6. The van der Waals surface area contributed by atoms with Crippen LogP contribution in [0.15, 0.2) is 64.3 Å². The molecule has 2 aromatic carbocycles. The van der Waals surface area contributed by atoms with Gasteiger partial charge in [-0.1, -0.05) is 59.6 Å². The summed E-state index contributed by atoms with van der Waals surface area (Å²) < 4.78 is 7.55. The second kappa shape index (κ2) is 13.0. The van der Waals surface area contributed by atoms with Gasteiger partial charge in [0.25, 0.3) is 11.5 Å². The Morgan fingerprint density at radius 3 is 2.27 bits per heavy atom. The highest BCUT2D eigenvalue weighted by molar-refractivity contribution is 6.39. The molecular weight excluding hydrogens is 607 g/mol. The third-order valence-electron chi connectivity index (χ3n) is 7.18. The molecule has 0 aliphatic rings. The van der Waals surface area contributed by atoms with Gasteiger partial charge in [0, 0.05) is 55.6 Å². The van der Waals surface area contributed by atoms with Crippen molar-refractivity contribution in [1.29, 1.82) is 0 Å². The first-order chi connectivity index (χ1) is 20.8. The molecule has 13 heteroatoms. The Morgan fingerprint density at radius 2 is 1.61 bits per heavy atom. The zero-order valence-corrected chi connectivity index (χ0v) is 26.3. The Labute approximate surface area is 263 Å². The van der Waals surface area contributed by atoms with Crippen molar-refractivity contribution in [3.05, 3.63) is 96.7 Å². The molecule has 4 N–H and O–H groups in total. The minimum atomic E-state index is -0.729. The summed E-state index contributed by atoms with van der Waals surface area (Å²) in [6.07, 6.45) is 1.18. The molecule has 0 radical (unpaired) electrons. The number of rotatable bonds is 10. The van der Waals surface area contributed by atoms with Crippen LogP contribution in [0.1, 0.15) is 29.8 Å². The summed E-state index contributed by atoms with van der Waals surface area (Å²) in [6.45, 7) is 4.31. The number of amides is 2.